The summed E-state index contributed by atoms with van der Waals surface area (Å²) in [6.45, 7) is 1.03. The van der Waals surface area contributed by atoms with Gasteiger partial charge in [-0.2, -0.15) is 0 Å². The van der Waals surface area contributed by atoms with Gasteiger partial charge in [-0.05, 0) is 44.0 Å². The second-order valence-electron chi connectivity index (χ2n) is 3.53. The van der Waals surface area contributed by atoms with Crippen molar-refractivity contribution in [3.8, 4) is 0 Å². The molecule has 2 nitrogen and oxygen atoms in total. The van der Waals surface area contributed by atoms with Crippen molar-refractivity contribution in [3.63, 3.8) is 0 Å². The summed E-state index contributed by atoms with van der Waals surface area (Å²) in [6.07, 6.45) is 0. The van der Waals surface area contributed by atoms with E-state index in [4.69, 9.17) is 4.42 Å². The van der Waals surface area contributed by atoms with E-state index in [9.17, 15) is 4.39 Å². The Balaban J connectivity index is 1.90. The molecule has 0 aliphatic rings. The van der Waals surface area contributed by atoms with Gasteiger partial charge in [0, 0.05) is 12.1 Å². The third-order valence-corrected chi connectivity index (χ3v) is 3.98. The van der Waals surface area contributed by atoms with Crippen molar-refractivity contribution in [2.45, 2.75) is 13.1 Å². The van der Waals surface area contributed by atoms with Crippen molar-refractivity contribution in [2.24, 2.45) is 0 Å². The van der Waals surface area contributed by atoms with Crippen LogP contribution in [-0.4, -0.2) is 0 Å². The molecule has 0 aliphatic heterocycles. The summed E-state index contributed by atoms with van der Waals surface area (Å²) in [4.78, 5) is 0. The minimum Gasteiger partial charge on any atom is -0.452 e. The van der Waals surface area contributed by atoms with Crippen LogP contribution in [0.2, 0.25) is 0 Å². The number of hydrogen-bond donors (Lipinski definition) is 1. The number of nitrogens with one attached hydrogen (secondary N) is 1. The van der Waals surface area contributed by atoms with Crippen LogP contribution in [0.25, 0.3) is 0 Å². The molecule has 0 aliphatic carbocycles. The van der Waals surface area contributed by atoms with Gasteiger partial charge in [0.1, 0.15) is 11.6 Å². The molecule has 0 saturated carbocycles. The lowest BCUT2D eigenvalue weighted by Crippen LogP contribution is -2.13. The van der Waals surface area contributed by atoms with Gasteiger partial charge in [0.2, 0.25) is 0 Å². The molecule has 0 saturated heterocycles. The maximum absolute atomic E-state index is 13.3. The van der Waals surface area contributed by atoms with E-state index in [1.54, 1.807) is 12.1 Å². The van der Waals surface area contributed by atoms with E-state index < -0.39 is 0 Å². The molecule has 0 amide bonds. The molecule has 1 heterocycles. The summed E-state index contributed by atoms with van der Waals surface area (Å²) in [5.74, 6) is 0.599. The maximum atomic E-state index is 13.3. The summed E-state index contributed by atoms with van der Waals surface area (Å²) < 4.78 is 20.2. The Hall–Kier alpha value is -0.650. The summed E-state index contributed by atoms with van der Waals surface area (Å²) in [6, 6.07) is 8.59. The molecule has 5 heteroatoms. The van der Waals surface area contributed by atoms with Gasteiger partial charge in [-0.15, -0.1) is 0 Å². The fraction of sp³-hybridized carbons (Fsp3) is 0.167. The van der Waals surface area contributed by atoms with Crippen molar-refractivity contribution < 1.29 is 8.81 Å². The fourth-order valence-electron chi connectivity index (χ4n) is 1.44. The summed E-state index contributed by atoms with van der Waals surface area (Å²) in [5.41, 5.74) is 0.650. The van der Waals surface area contributed by atoms with Crippen LogP contribution in [-0.2, 0) is 13.1 Å². The minimum absolute atomic E-state index is 0.193. The topological polar surface area (TPSA) is 25.2 Å². The van der Waals surface area contributed by atoms with Crippen molar-refractivity contribution in [1.29, 1.82) is 0 Å². The predicted molar refractivity (Wildman–Crippen MR) is 71.1 cm³/mol. The van der Waals surface area contributed by atoms with Gasteiger partial charge in [-0.25, -0.2) is 4.39 Å². The van der Waals surface area contributed by atoms with Gasteiger partial charge < -0.3 is 9.73 Å². The Morgan fingerprint density at radius 1 is 1.18 bits per heavy atom. The molecule has 0 fully saturated rings. The summed E-state index contributed by atoms with van der Waals surface area (Å²) in [5, 5.41) is 3.12. The van der Waals surface area contributed by atoms with Crippen molar-refractivity contribution in [3.05, 3.63) is 56.6 Å². The van der Waals surface area contributed by atoms with Crippen molar-refractivity contribution in [2.75, 3.05) is 0 Å². The normalized spacial score (nSPS) is 10.8. The first-order chi connectivity index (χ1) is 8.16. The largest absolute Gasteiger partial charge is 0.452 e. The van der Waals surface area contributed by atoms with Crippen molar-refractivity contribution >= 4 is 31.9 Å². The van der Waals surface area contributed by atoms with Crippen LogP contribution in [0.1, 0.15) is 11.3 Å². The molecular weight excluding hydrogens is 353 g/mol. The zero-order chi connectivity index (χ0) is 12.3. The Morgan fingerprint density at radius 2 is 1.94 bits per heavy atom. The monoisotopic (exact) mass is 361 g/mol. The van der Waals surface area contributed by atoms with Crippen LogP contribution in [0.15, 0.2) is 43.9 Å². The molecule has 2 aromatic rings. The first-order valence-corrected chi connectivity index (χ1v) is 6.63. The zero-order valence-electron chi connectivity index (χ0n) is 8.84. The molecular formula is C12H10Br2FNO. The molecule has 0 bridgehead atoms. The van der Waals surface area contributed by atoms with Crippen LogP contribution in [0.5, 0.6) is 0 Å². The SMILES string of the molecule is Fc1ccccc1CNCc1cc(Br)c(Br)o1. The molecule has 90 valence electrons. The highest BCUT2D eigenvalue weighted by molar-refractivity contribution is 9.13. The second kappa shape index (κ2) is 5.80. The minimum atomic E-state index is -0.193. The van der Waals surface area contributed by atoms with E-state index in [1.165, 1.54) is 6.07 Å². The molecule has 1 aromatic carbocycles. The van der Waals surface area contributed by atoms with Gasteiger partial charge in [-0.3, -0.25) is 0 Å². The maximum Gasteiger partial charge on any atom is 0.183 e. The van der Waals surface area contributed by atoms with Crippen LogP contribution in [0.3, 0.4) is 0 Å². The van der Waals surface area contributed by atoms with Crippen LogP contribution in [0.4, 0.5) is 4.39 Å². The van der Waals surface area contributed by atoms with E-state index in [0.717, 1.165) is 10.2 Å². The third-order valence-electron chi connectivity index (χ3n) is 2.27. The second-order valence-corrected chi connectivity index (χ2v) is 5.10. The van der Waals surface area contributed by atoms with Crippen molar-refractivity contribution in [1.82, 2.24) is 5.32 Å². The quantitative estimate of drug-likeness (QED) is 0.880. The standard InChI is InChI=1S/C12H10Br2FNO/c13-10-5-9(17-12(10)14)7-16-6-8-3-1-2-4-11(8)15/h1-5,16H,6-7H2. The molecule has 1 aromatic heterocycles. The molecule has 1 N–H and O–H groups in total. The highest BCUT2D eigenvalue weighted by atomic mass is 79.9. The van der Waals surface area contributed by atoms with Gasteiger partial charge in [0.25, 0.3) is 0 Å². The third kappa shape index (κ3) is 3.40. The molecule has 0 spiro atoms. The highest BCUT2D eigenvalue weighted by Gasteiger charge is 2.06. The van der Waals surface area contributed by atoms with E-state index in [0.29, 0.717) is 23.3 Å². The fourth-order valence-corrected chi connectivity index (χ4v) is 2.10. The Kier molecular flexibility index (Phi) is 4.36. The van der Waals surface area contributed by atoms with Crippen LogP contribution < -0.4 is 5.32 Å². The summed E-state index contributed by atoms with van der Waals surface area (Å²) in [7, 11) is 0. The molecule has 0 radical (unpaired) electrons. The van der Waals surface area contributed by atoms with E-state index in [-0.39, 0.29) is 5.82 Å². The number of rotatable bonds is 4. The predicted octanol–water partition coefficient (Wildman–Crippen LogP) is 4.23. The van der Waals surface area contributed by atoms with Crippen LogP contribution in [0, 0.1) is 5.82 Å². The molecule has 2 rings (SSSR count). The van der Waals surface area contributed by atoms with Crippen LogP contribution >= 0.6 is 31.9 Å². The average Bonchev–Trinajstić information content (AvgIpc) is 2.61. The lowest BCUT2D eigenvalue weighted by atomic mass is 10.2. The smallest absolute Gasteiger partial charge is 0.183 e. The number of halogens is 3. The van der Waals surface area contributed by atoms with E-state index in [1.807, 2.05) is 12.1 Å². The Morgan fingerprint density at radius 3 is 2.59 bits per heavy atom. The number of benzene rings is 1. The van der Waals surface area contributed by atoms with E-state index >= 15 is 0 Å². The first-order valence-electron chi connectivity index (χ1n) is 5.04. The average molecular weight is 363 g/mol. The highest BCUT2D eigenvalue weighted by Crippen LogP contribution is 2.26. The van der Waals surface area contributed by atoms with Gasteiger partial charge in [0.15, 0.2) is 4.67 Å². The lowest BCUT2D eigenvalue weighted by molar-refractivity contribution is 0.462. The lowest BCUT2D eigenvalue weighted by Gasteiger charge is -2.03. The van der Waals surface area contributed by atoms with E-state index in [2.05, 4.69) is 37.2 Å². The summed E-state index contributed by atoms with van der Waals surface area (Å²) >= 11 is 6.60. The first kappa shape index (κ1) is 12.8. The molecule has 0 unspecified atom stereocenters. The van der Waals surface area contributed by atoms with Gasteiger partial charge >= 0.3 is 0 Å². The Labute approximate surface area is 115 Å². The molecule has 0 atom stereocenters. The Bertz CT molecular complexity index is 493. The number of furan rings is 1. The zero-order valence-corrected chi connectivity index (χ0v) is 12.0. The molecule has 17 heavy (non-hydrogen) atoms. The number of hydrogen-bond acceptors (Lipinski definition) is 2. The van der Waals surface area contributed by atoms with Gasteiger partial charge in [-0.1, -0.05) is 18.2 Å². The van der Waals surface area contributed by atoms with Gasteiger partial charge in [0.05, 0.1) is 11.0 Å².